The molecule has 3 heteroatoms. The van der Waals surface area contributed by atoms with E-state index in [0.29, 0.717) is 13.2 Å². The zero-order valence-corrected chi connectivity index (χ0v) is 8.85. The van der Waals surface area contributed by atoms with E-state index in [4.69, 9.17) is 15.2 Å². The first-order valence-electron chi connectivity index (χ1n) is 5.40. The average Bonchev–Trinajstić information content (AvgIpc) is 2.38. The summed E-state index contributed by atoms with van der Waals surface area (Å²) in [6.07, 6.45) is -0.0336. The summed E-state index contributed by atoms with van der Waals surface area (Å²) in [6, 6.07) is 12.1. The molecular formula is C13H13NO2. The van der Waals surface area contributed by atoms with E-state index < -0.39 is 0 Å². The van der Waals surface area contributed by atoms with Crippen molar-refractivity contribution in [2.45, 2.75) is 6.10 Å². The molecular weight excluding hydrogens is 202 g/mol. The van der Waals surface area contributed by atoms with E-state index in [9.17, 15) is 0 Å². The van der Waals surface area contributed by atoms with E-state index in [-0.39, 0.29) is 6.10 Å². The number of fused-ring (bicyclic) bond motifs is 3. The molecule has 0 saturated heterocycles. The summed E-state index contributed by atoms with van der Waals surface area (Å²) in [6.45, 7) is 1.00. The minimum atomic E-state index is -0.0336. The van der Waals surface area contributed by atoms with Gasteiger partial charge in [-0.2, -0.15) is 0 Å². The Morgan fingerprint density at radius 2 is 2.06 bits per heavy atom. The van der Waals surface area contributed by atoms with Crippen LogP contribution in [0.15, 0.2) is 36.4 Å². The number of nitrogens with two attached hydrogens (primary N) is 1. The Morgan fingerprint density at radius 1 is 1.19 bits per heavy atom. The molecule has 0 amide bonds. The van der Waals surface area contributed by atoms with Crippen molar-refractivity contribution in [1.82, 2.24) is 0 Å². The van der Waals surface area contributed by atoms with Crippen molar-refractivity contribution in [2.75, 3.05) is 13.2 Å². The molecule has 2 N–H and O–H groups in total. The van der Waals surface area contributed by atoms with Crippen molar-refractivity contribution in [1.29, 1.82) is 0 Å². The molecule has 0 unspecified atom stereocenters. The lowest BCUT2D eigenvalue weighted by Crippen LogP contribution is -2.35. The number of hydrogen-bond donors (Lipinski definition) is 1. The highest BCUT2D eigenvalue weighted by molar-refractivity contribution is 5.90. The molecule has 1 aliphatic heterocycles. The molecule has 0 saturated carbocycles. The molecule has 1 heterocycles. The highest BCUT2D eigenvalue weighted by Gasteiger charge is 2.21. The molecule has 3 rings (SSSR count). The van der Waals surface area contributed by atoms with Crippen molar-refractivity contribution >= 4 is 10.8 Å². The second-order valence-electron chi connectivity index (χ2n) is 3.90. The van der Waals surface area contributed by atoms with E-state index in [0.717, 1.165) is 22.3 Å². The first-order valence-corrected chi connectivity index (χ1v) is 5.40. The zero-order chi connectivity index (χ0) is 11.0. The van der Waals surface area contributed by atoms with Gasteiger partial charge in [-0.05, 0) is 11.5 Å². The van der Waals surface area contributed by atoms with Crippen LogP contribution in [-0.4, -0.2) is 19.3 Å². The SMILES string of the molecule is NC[C@H]1COc2c(ccc3ccccc23)O1. The first kappa shape index (κ1) is 9.48. The summed E-state index contributed by atoms with van der Waals surface area (Å²) in [5.74, 6) is 1.63. The number of benzene rings is 2. The molecule has 2 aromatic carbocycles. The second kappa shape index (κ2) is 3.68. The van der Waals surface area contributed by atoms with E-state index >= 15 is 0 Å². The predicted molar refractivity (Wildman–Crippen MR) is 62.9 cm³/mol. The van der Waals surface area contributed by atoms with E-state index in [1.165, 1.54) is 0 Å². The van der Waals surface area contributed by atoms with Gasteiger partial charge in [-0.3, -0.25) is 0 Å². The van der Waals surface area contributed by atoms with E-state index in [1.54, 1.807) is 0 Å². The van der Waals surface area contributed by atoms with Crippen LogP contribution in [-0.2, 0) is 0 Å². The van der Waals surface area contributed by atoms with Gasteiger partial charge in [0.25, 0.3) is 0 Å². The number of rotatable bonds is 1. The molecule has 0 spiro atoms. The minimum absolute atomic E-state index is 0.0336. The van der Waals surface area contributed by atoms with Crippen LogP contribution < -0.4 is 15.2 Å². The van der Waals surface area contributed by atoms with Gasteiger partial charge in [-0.15, -0.1) is 0 Å². The molecule has 2 aromatic rings. The Labute approximate surface area is 93.8 Å². The third-order valence-electron chi connectivity index (χ3n) is 2.81. The molecule has 82 valence electrons. The Hall–Kier alpha value is -1.74. The monoisotopic (exact) mass is 215 g/mol. The third kappa shape index (κ3) is 1.41. The fraction of sp³-hybridized carbons (Fsp3) is 0.231. The summed E-state index contributed by atoms with van der Waals surface area (Å²) in [7, 11) is 0. The maximum Gasteiger partial charge on any atom is 0.169 e. The van der Waals surface area contributed by atoms with Gasteiger partial charge >= 0.3 is 0 Å². The fourth-order valence-corrected chi connectivity index (χ4v) is 1.97. The largest absolute Gasteiger partial charge is 0.485 e. The van der Waals surface area contributed by atoms with Crippen molar-refractivity contribution in [3.05, 3.63) is 36.4 Å². The van der Waals surface area contributed by atoms with E-state index in [2.05, 4.69) is 6.07 Å². The molecule has 1 atom stereocenters. The minimum Gasteiger partial charge on any atom is -0.485 e. The quantitative estimate of drug-likeness (QED) is 0.790. The van der Waals surface area contributed by atoms with Crippen LogP contribution in [0.1, 0.15) is 0 Å². The van der Waals surface area contributed by atoms with Crippen LogP contribution in [0.25, 0.3) is 10.8 Å². The van der Waals surface area contributed by atoms with Gasteiger partial charge in [-0.1, -0.05) is 30.3 Å². The molecule has 0 bridgehead atoms. The number of hydrogen-bond acceptors (Lipinski definition) is 3. The summed E-state index contributed by atoms with van der Waals surface area (Å²) in [5, 5.41) is 2.26. The molecule has 16 heavy (non-hydrogen) atoms. The fourth-order valence-electron chi connectivity index (χ4n) is 1.97. The van der Waals surface area contributed by atoms with Gasteiger partial charge in [-0.25, -0.2) is 0 Å². The van der Waals surface area contributed by atoms with Crippen LogP contribution in [0, 0.1) is 0 Å². The van der Waals surface area contributed by atoms with Crippen molar-refractivity contribution in [3.63, 3.8) is 0 Å². The summed E-state index contributed by atoms with van der Waals surface area (Å²) in [4.78, 5) is 0. The lowest BCUT2D eigenvalue weighted by atomic mass is 10.1. The summed E-state index contributed by atoms with van der Waals surface area (Å²) < 4.78 is 11.5. The van der Waals surface area contributed by atoms with Crippen LogP contribution in [0.4, 0.5) is 0 Å². The van der Waals surface area contributed by atoms with Gasteiger partial charge in [0.2, 0.25) is 0 Å². The standard InChI is InChI=1S/C13H13NO2/c14-7-10-8-15-13-11-4-2-1-3-9(11)5-6-12(13)16-10/h1-6,10H,7-8,14H2/t10-/m0/s1. The Kier molecular flexibility index (Phi) is 2.18. The Morgan fingerprint density at radius 3 is 2.94 bits per heavy atom. The predicted octanol–water partition coefficient (Wildman–Crippen LogP) is 1.94. The van der Waals surface area contributed by atoms with Gasteiger partial charge in [0.05, 0.1) is 0 Å². The molecule has 0 aliphatic carbocycles. The first-order chi connectivity index (χ1) is 7.88. The highest BCUT2D eigenvalue weighted by atomic mass is 16.6. The van der Waals surface area contributed by atoms with Crippen molar-refractivity contribution in [2.24, 2.45) is 5.73 Å². The van der Waals surface area contributed by atoms with Gasteiger partial charge in [0.15, 0.2) is 11.5 Å². The maximum absolute atomic E-state index is 5.74. The molecule has 0 aromatic heterocycles. The Balaban J connectivity index is 2.14. The van der Waals surface area contributed by atoms with Gasteiger partial charge < -0.3 is 15.2 Å². The maximum atomic E-state index is 5.74. The lowest BCUT2D eigenvalue weighted by molar-refractivity contribution is 0.0986. The van der Waals surface area contributed by atoms with Crippen LogP contribution in [0.5, 0.6) is 11.5 Å². The molecule has 3 nitrogen and oxygen atoms in total. The molecule has 1 aliphatic rings. The topological polar surface area (TPSA) is 44.5 Å². The summed E-state index contributed by atoms with van der Waals surface area (Å²) in [5.41, 5.74) is 5.57. The lowest BCUT2D eigenvalue weighted by Gasteiger charge is -2.26. The van der Waals surface area contributed by atoms with Crippen molar-refractivity contribution < 1.29 is 9.47 Å². The normalized spacial score (nSPS) is 18.7. The summed E-state index contributed by atoms with van der Waals surface area (Å²) >= 11 is 0. The van der Waals surface area contributed by atoms with Gasteiger partial charge in [0, 0.05) is 11.9 Å². The average molecular weight is 215 g/mol. The van der Waals surface area contributed by atoms with Crippen molar-refractivity contribution in [3.8, 4) is 11.5 Å². The van der Waals surface area contributed by atoms with Crippen LogP contribution in [0.2, 0.25) is 0 Å². The van der Waals surface area contributed by atoms with Crippen LogP contribution in [0.3, 0.4) is 0 Å². The zero-order valence-electron chi connectivity index (χ0n) is 8.85. The van der Waals surface area contributed by atoms with Gasteiger partial charge in [0.1, 0.15) is 12.7 Å². The second-order valence-corrected chi connectivity index (χ2v) is 3.90. The van der Waals surface area contributed by atoms with Crippen LogP contribution >= 0.6 is 0 Å². The molecule has 0 fully saturated rings. The Bertz CT molecular complexity index is 524. The highest BCUT2D eigenvalue weighted by Crippen LogP contribution is 2.38. The third-order valence-corrected chi connectivity index (χ3v) is 2.81. The van der Waals surface area contributed by atoms with E-state index in [1.807, 2.05) is 30.3 Å². The number of ether oxygens (including phenoxy) is 2. The molecule has 0 radical (unpaired) electrons. The smallest absolute Gasteiger partial charge is 0.169 e.